The van der Waals surface area contributed by atoms with Crippen molar-refractivity contribution in [3.8, 4) is 0 Å². The molecule has 0 aromatic carbocycles. The third-order valence-electron chi connectivity index (χ3n) is 3.66. The Morgan fingerprint density at radius 2 is 2.13 bits per heavy atom. The summed E-state index contributed by atoms with van der Waals surface area (Å²) in [7, 11) is 0. The van der Waals surface area contributed by atoms with Crippen LogP contribution in [0, 0.1) is 5.41 Å². The van der Waals surface area contributed by atoms with E-state index in [1.165, 1.54) is 0 Å². The van der Waals surface area contributed by atoms with E-state index < -0.39 is 6.09 Å². The van der Waals surface area contributed by atoms with Crippen molar-refractivity contribution in [2.75, 3.05) is 19.6 Å². The van der Waals surface area contributed by atoms with Crippen LogP contribution in [0.3, 0.4) is 0 Å². The average Bonchev–Trinajstić information content (AvgIpc) is 2.15. The van der Waals surface area contributed by atoms with Crippen molar-refractivity contribution in [3.05, 3.63) is 0 Å². The molecule has 0 aromatic heterocycles. The lowest BCUT2D eigenvalue weighted by Crippen LogP contribution is -2.68. The molecule has 0 spiro atoms. The SMILES string of the molecule is CC[C@]1(C(C)(C)C)CNCCN1C(=O)O. The first-order valence-corrected chi connectivity index (χ1v) is 5.56. The number of rotatable bonds is 1. The number of nitrogens with zero attached hydrogens (tertiary/aromatic N) is 1. The molecule has 4 heteroatoms. The van der Waals surface area contributed by atoms with Crippen LogP contribution in [0.15, 0.2) is 0 Å². The molecule has 0 unspecified atom stereocenters. The summed E-state index contributed by atoms with van der Waals surface area (Å²) >= 11 is 0. The largest absolute Gasteiger partial charge is 0.465 e. The first-order chi connectivity index (χ1) is 6.85. The maximum Gasteiger partial charge on any atom is 0.407 e. The van der Waals surface area contributed by atoms with Crippen molar-refractivity contribution in [3.63, 3.8) is 0 Å². The van der Waals surface area contributed by atoms with Crippen LogP contribution < -0.4 is 5.32 Å². The zero-order valence-corrected chi connectivity index (χ0v) is 10.1. The second kappa shape index (κ2) is 4.00. The second-order valence-electron chi connectivity index (χ2n) is 5.25. The molecule has 0 aromatic rings. The van der Waals surface area contributed by atoms with Gasteiger partial charge in [-0.25, -0.2) is 4.79 Å². The van der Waals surface area contributed by atoms with Crippen molar-refractivity contribution < 1.29 is 9.90 Å². The summed E-state index contributed by atoms with van der Waals surface area (Å²) in [4.78, 5) is 12.9. The van der Waals surface area contributed by atoms with Gasteiger partial charge in [-0.3, -0.25) is 4.90 Å². The molecule has 0 saturated carbocycles. The van der Waals surface area contributed by atoms with Crippen molar-refractivity contribution in [1.29, 1.82) is 0 Å². The fraction of sp³-hybridized carbons (Fsp3) is 0.909. The number of nitrogens with one attached hydrogen (secondary N) is 1. The highest BCUT2D eigenvalue weighted by Crippen LogP contribution is 2.39. The lowest BCUT2D eigenvalue weighted by atomic mass is 9.70. The van der Waals surface area contributed by atoms with Gasteiger partial charge in [-0.05, 0) is 11.8 Å². The Labute approximate surface area is 91.6 Å². The Balaban J connectivity index is 3.07. The summed E-state index contributed by atoms with van der Waals surface area (Å²) in [6.07, 6.45) is 0.0452. The molecule has 15 heavy (non-hydrogen) atoms. The fourth-order valence-electron chi connectivity index (χ4n) is 2.59. The third kappa shape index (κ3) is 1.95. The maximum atomic E-state index is 11.3. The fourth-order valence-corrected chi connectivity index (χ4v) is 2.59. The van der Waals surface area contributed by atoms with Crippen LogP contribution in [0.5, 0.6) is 0 Å². The van der Waals surface area contributed by atoms with Crippen LogP contribution in [-0.2, 0) is 0 Å². The molecule has 1 saturated heterocycles. The molecule has 0 bridgehead atoms. The van der Waals surface area contributed by atoms with Gasteiger partial charge in [0.05, 0.1) is 5.54 Å². The number of amides is 1. The summed E-state index contributed by atoms with van der Waals surface area (Å²) < 4.78 is 0. The molecule has 2 N–H and O–H groups in total. The van der Waals surface area contributed by atoms with Gasteiger partial charge in [0.25, 0.3) is 0 Å². The van der Waals surface area contributed by atoms with Gasteiger partial charge in [-0.2, -0.15) is 0 Å². The summed E-state index contributed by atoms with van der Waals surface area (Å²) in [5, 5.41) is 12.6. The number of hydrogen-bond donors (Lipinski definition) is 2. The molecule has 1 amide bonds. The molecular weight excluding hydrogens is 192 g/mol. The van der Waals surface area contributed by atoms with Gasteiger partial charge < -0.3 is 10.4 Å². The van der Waals surface area contributed by atoms with Crippen LogP contribution in [0.2, 0.25) is 0 Å². The van der Waals surface area contributed by atoms with E-state index >= 15 is 0 Å². The first kappa shape index (κ1) is 12.3. The quantitative estimate of drug-likeness (QED) is 0.699. The van der Waals surface area contributed by atoms with E-state index in [0.717, 1.165) is 19.5 Å². The topological polar surface area (TPSA) is 52.6 Å². The normalized spacial score (nSPS) is 27.9. The average molecular weight is 214 g/mol. The van der Waals surface area contributed by atoms with E-state index in [9.17, 15) is 9.90 Å². The van der Waals surface area contributed by atoms with E-state index in [0.29, 0.717) is 6.54 Å². The molecule has 1 rings (SSSR count). The van der Waals surface area contributed by atoms with E-state index in [4.69, 9.17) is 0 Å². The Morgan fingerprint density at radius 1 is 1.53 bits per heavy atom. The summed E-state index contributed by atoms with van der Waals surface area (Å²) in [6, 6.07) is 0. The van der Waals surface area contributed by atoms with Crippen LogP contribution in [0.4, 0.5) is 4.79 Å². The minimum atomic E-state index is -0.798. The molecule has 1 fully saturated rings. The predicted octanol–water partition coefficient (Wildman–Crippen LogP) is 1.76. The number of hydrogen-bond acceptors (Lipinski definition) is 2. The lowest BCUT2D eigenvalue weighted by Gasteiger charge is -2.53. The van der Waals surface area contributed by atoms with Gasteiger partial charge in [0, 0.05) is 19.6 Å². The highest BCUT2D eigenvalue weighted by atomic mass is 16.4. The molecule has 0 radical (unpaired) electrons. The maximum absolute atomic E-state index is 11.3. The van der Waals surface area contributed by atoms with Crippen LogP contribution >= 0.6 is 0 Å². The summed E-state index contributed by atoms with van der Waals surface area (Å²) in [5.74, 6) is 0. The van der Waals surface area contributed by atoms with Gasteiger partial charge >= 0.3 is 6.09 Å². The number of piperazine rings is 1. The van der Waals surface area contributed by atoms with E-state index in [1.54, 1.807) is 4.90 Å². The van der Waals surface area contributed by atoms with Crippen LogP contribution in [-0.4, -0.2) is 41.3 Å². The molecule has 1 atom stereocenters. The highest BCUT2D eigenvalue weighted by Gasteiger charge is 2.48. The molecule has 88 valence electrons. The van der Waals surface area contributed by atoms with Gasteiger partial charge in [-0.1, -0.05) is 27.7 Å². The van der Waals surface area contributed by atoms with Gasteiger partial charge in [-0.15, -0.1) is 0 Å². The minimum Gasteiger partial charge on any atom is -0.465 e. The zero-order valence-electron chi connectivity index (χ0n) is 10.1. The lowest BCUT2D eigenvalue weighted by molar-refractivity contribution is -0.0168. The minimum absolute atomic E-state index is 0.0481. The Bertz CT molecular complexity index is 247. The Kier molecular flexibility index (Phi) is 3.28. The third-order valence-corrected chi connectivity index (χ3v) is 3.66. The van der Waals surface area contributed by atoms with E-state index in [2.05, 4.69) is 33.0 Å². The second-order valence-corrected chi connectivity index (χ2v) is 5.25. The standard InChI is InChI=1S/C11H22N2O2/c1-5-11(10(2,3)4)8-12-6-7-13(11)9(14)15/h12H,5-8H2,1-4H3,(H,14,15)/t11-/m1/s1. The Morgan fingerprint density at radius 3 is 2.47 bits per heavy atom. The van der Waals surface area contributed by atoms with Gasteiger partial charge in [0.2, 0.25) is 0 Å². The van der Waals surface area contributed by atoms with Crippen molar-refractivity contribution in [2.24, 2.45) is 5.41 Å². The summed E-state index contributed by atoms with van der Waals surface area (Å²) in [6.45, 7) is 10.5. The van der Waals surface area contributed by atoms with Crippen molar-refractivity contribution >= 4 is 6.09 Å². The smallest absolute Gasteiger partial charge is 0.407 e. The Hall–Kier alpha value is -0.770. The van der Waals surface area contributed by atoms with E-state index in [-0.39, 0.29) is 11.0 Å². The van der Waals surface area contributed by atoms with Crippen LogP contribution in [0.1, 0.15) is 34.1 Å². The van der Waals surface area contributed by atoms with Crippen molar-refractivity contribution in [2.45, 2.75) is 39.7 Å². The molecule has 1 aliphatic heterocycles. The molecule has 4 nitrogen and oxygen atoms in total. The van der Waals surface area contributed by atoms with Crippen LogP contribution in [0.25, 0.3) is 0 Å². The monoisotopic (exact) mass is 214 g/mol. The predicted molar refractivity (Wildman–Crippen MR) is 60.1 cm³/mol. The molecule has 1 heterocycles. The number of carbonyl (C=O) groups is 1. The van der Waals surface area contributed by atoms with Gasteiger partial charge in [0.15, 0.2) is 0 Å². The highest BCUT2D eigenvalue weighted by molar-refractivity contribution is 5.66. The molecule has 1 aliphatic rings. The van der Waals surface area contributed by atoms with Gasteiger partial charge in [0.1, 0.15) is 0 Å². The number of carboxylic acid groups (broad SMARTS) is 1. The van der Waals surface area contributed by atoms with Crippen molar-refractivity contribution in [1.82, 2.24) is 10.2 Å². The molecule has 0 aliphatic carbocycles. The zero-order chi connectivity index (χ0) is 11.7. The van der Waals surface area contributed by atoms with E-state index in [1.807, 2.05) is 0 Å². The summed E-state index contributed by atoms with van der Waals surface area (Å²) in [5.41, 5.74) is -0.329. The first-order valence-electron chi connectivity index (χ1n) is 5.56. The molecular formula is C11H22N2O2.